The molecular formula is C39H70N6O6Si. The Kier molecular flexibility index (Phi) is 18.0. The number of aromatic amines is 1. The zero-order valence-corrected chi connectivity index (χ0v) is 34.8. The van der Waals surface area contributed by atoms with Gasteiger partial charge in [0.1, 0.15) is 18.3 Å². The van der Waals surface area contributed by atoms with Crippen LogP contribution in [0.15, 0.2) is 11.1 Å². The van der Waals surface area contributed by atoms with Crippen molar-refractivity contribution in [1.82, 2.24) is 24.8 Å². The molecule has 2 aromatic heterocycles. The summed E-state index contributed by atoms with van der Waals surface area (Å²) in [6.45, 7) is 16.9. The molecule has 0 bridgehead atoms. The van der Waals surface area contributed by atoms with E-state index < -0.39 is 38.4 Å². The minimum Gasteiger partial charge on any atom is -0.408 e. The van der Waals surface area contributed by atoms with Crippen molar-refractivity contribution in [2.24, 2.45) is 5.92 Å². The van der Waals surface area contributed by atoms with E-state index in [1.807, 2.05) is 0 Å². The van der Waals surface area contributed by atoms with Crippen LogP contribution in [0.4, 0.5) is 5.95 Å². The Morgan fingerprint density at radius 1 is 0.942 bits per heavy atom. The fraction of sp³-hybridized carbons (Fsp3) is 0.821. The van der Waals surface area contributed by atoms with Crippen LogP contribution in [0.5, 0.6) is 0 Å². The first-order valence-electron chi connectivity index (χ1n) is 20.1. The smallest absolute Gasteiger partial charge is 0.280 e. The van der Waals surface area contributed by atoms with Gasteiger partial charge in [0.25, 0.3) is 5.56 Å². The molecule has 3 N–H and O–H groups in total. The van der Waals surface area contributed by atoms with E-state index in [0.717, 1.165) is 19.3 Å². The van der Waals surface area contributed by atoms with E-state index in [4.69, 9.17) is 13.9 Å². The van der Waals surface area contributed by atoms with Crippen molar-refractivity contribution in [3.63, 3.8) is 0 Å². The summed E-state index contributed by atoms with van der Waals surface area (Å²) in [6, 6.07) is 0. The molecule has 1 aliphatic rings. The molecule has 0 radical (unpaired) electrons. The second-order valence-electron chi connectivity index (χ2n) is 16.5. The summed E-state index contributed by atoms with van der Waals surface area (Å²) >= 11 is 0. The van der Waals surface area contributed by atoms with E-state index in [-0.39, 0.29) is 46.4 Å². The van der Waals surface area contributed by atoms with Gasteiger partial charge < -0.3 is 19.2 Å². The molecule has 13 heteroatoms. The van der Waals surface area contributed by atoms with Gasteiger partial charge in [0.15, 0.2) is 25.7 Å². The Morgan fingerprint density at radius 2 is 1.50 bits per heavy atom. The van der Waals surface area contributed by atoms with Crippen LogP contribution in [-0.4, -0.2) is 71.6 Å². The van der Waals surface area contributed by atoms with Gasteiger partial charge in [0.05, 0.1) is 6.33 Å². The summed E-state index contributed by atoms with van der Waals surface area (Å²) in [4.78, 5) is 49.8. The van der Waals surface area contributed by atoms with Crippen molar-refractivity contribution in [1.29, 1.82) is 0 Å². The summed E-state index contributed by atoms with van der Waals surface area (Å²) in [6.07, 6.45) is 18.9. The quantitative estimate of drug-likeness (QED) is 0.0716. The Labute approximate surface area is 313 Å². The number of carbonyl (C=O) groups excluding carboxylic acids is 2. The van der Waals surface area contributed by atoms with Crippen molar-refractivity contribution in [3.05, 3.63) is 16.7 Å². The Morgan fingerprint density at radius 3 is 2.02 bits per heavy atom. The average molecular weight is 747 g/mol. The number of carbonyl (C=O) groups is 2. The number of imidazole rings is 1. The summed E-state index contributed by atoms with van der Waals surface area (Å²) < 4.78 is 21.2. The lowest BCUT2D eigenvalue weighted by Crippen LogP contribution is -2.51. The van der Waals surface area contributed by atoms with Gasteiger partial charge in [0.2, 0.25) is 17.8 Å². The van der Waals surface area contributed by atoms with Crippen LogP contribution in [0.1, 0.15) is 151 Å². The molecule has 1 saturated heterocycles. The van der Waals surface area contributed by atoms with Crippen LogP contribution in [0.2, 0.25) is 18.1 Å². The Bertz CT molecular complexity index is 1440. The molecule has 0 saturated carbocycles. The third kappa shape index (κ3) is 13.1. The zero-order chi connectivity index (χ0) is 38.3. The number of hydrogen-bond acceptors (Lipinski definition) is 8. The monoisotopic (exact) mass is 747 g/mol. The van der Waals surface area contributed by atoms with Crippen LogP contribution >= 0.6 is 0 Å². The van der Waals surface area contributed by atoms with Gasteiger partial charge in [-0.1, -0.05) is 131 Å². The number of unbranched alkanes of at least 4 members (excludes halogenated alkanes) is 14. The van der Waals surface area contributed by atoms with E-state index in [1.54, 1.807) is 25.5 Å². The highest BCUT2D eigenvalue weighted by Gasteiger charge is 2.51. The Balaban J connectivity index is 1.56. The lowest BCUT2D eigenvalue weighted by Gasteiger charge is -2.40. The highest BCUT2D eigenvalue weighted by molar-refractivity contribution is 6.74. The molecule has 0 unspecified atom stereocenters. The number of nitrogens with one attached hydrogen (secondary N) is 3. The zero-order valence-electron chi connectivity index (χ0n) is 33.8. The number of fused-ring (bicyclic) bond motifs is 1. The third-order valence-electron chi connectivity index (χ3n) is 10.8. The standard InChI is InChI=1S/C39H70N6O6Si/c1-10-11-12-13-14-15-16-17-18-19-20-21-22-23-24-25-30(46)40-26-29-32(51-52(8,9)39(4,5)6)33(49-7)37(50-29)45-27-41-31-34(45)42-38(44-36(31)48)43-35(47)28(2)3/h27-29,32-33,37H,10-26H2,1-9H3,(H,40,46)(H2,42,43,44,47,48)/t29-,32-,33-,37-/m1/s1. The maximum Gasteiger partial charge on any atom is 0.280 e. The molecule has 1 aliphatic heterocycles. The predicted molar refractivity (Wildman–Crippen MR) is 211 cm³/mol. The first kappa shape index (κ1) is 43.8. The van der Waals surface area contributed by atoms with Crippen LogP contribution in [-0.2, 0) is 23.5 Å². The number of anilines is 1. The first-order valence-corrected chi connectivity index (χ1v) is 23.0. The van der Waals surface area contributed by atoms with Crippen molar-refractivity contribution in [2.45, 2.75) is 187 Å². The summed E-state index contributed by atoms with van der Waals surface area (Å²) in [5, 5.41) is 5.69. The van der Waals surface area contributed by atoms with Crippen molar-refractivity contribution in [3.8, 4) is 0 Å². The second kappa shape index (κ2) is 21.3. The van der Waals surface area contributed by atoms with Gasteiger partial charge >= 0.3 is 0 Å². The van der Waals surface area contributed by atoms with Gasteiger partial charge in [0, 0.05) is 26.0 Å². The summed E-state index contributed by atoms with van der Waals surface area (Å²) in [7, 11) is -0.706. The van der Waals surface area contributed by atoms with E-state index in [1.165, 1.54) is 83.4 Å². The molecule has 0 aromatic carbocycles. The van der Waals surface area contributed by atoms with E-state index >= 15 is 0 Å². The molecule has 0 aliphatic carbocycles. The molecule has 296 valence electrons. The number of methoxy groups -OCH3 is 1. The average Bonchev–Trinajstić information content (AvgIpc) is 3.65. The summed E-state index contributed by atoms with van der Waals surface area (Å²) in [5.41, 5.74) is -0.117. The third-order valence-corrected chi connectivity index (χ3v) is 15.2. The molecule has 2 amide bonds. The molecule has 52 heavy (non-hydrogen) atoms. The fourth-order valence-electron chi connectivity index (χ4n) is 6.40. The van der Waals surface area contributed by atoms with E-state index in [9.17, 15) is 14.4 Å². The predicted octanol–water partition coefficient (Wildman–Crippen LogP) is 8.39. The van der Waals surface area contributed by atoms with Gasteiger partial charge in [-0.15, -0.1) is 0 Å². The van der Waals surface area contributed by atoms with Crippen LogP contribution in [0.3, 0.4) is 0 Å². The number of H-pyrrole nitrogens is 1. The van der Waals surface area contributed by atoms with Crippen LogP contribution in [0.25, 0.3) is 11.2 Å². The minimum absolute atomic E-state index is 0.00592. The number of nitrogens with zero attached hydrogens (tertiary/aromatic N) is 3. The molecule has 3 rings (SSSR count). The number of ether oxygens (including phenoxy) is 2. The molecule has 0 spiro atoms. The lowest BCUT2D eigenvalue weighted by atomic mass is 10.0. The lowest BCUT2D eigenvalue weighted by molar-refractivity contribution is -0.122. The maximum absolute atomic E-state index is 13.0. The van der Waals surface area contributed by atoms with E-state index in [2.05, 4.69) is 66.4 Å². The van der Waals surface area contributed by atoms with E-state index in [0.29, 0.717) is 6.42 Å². The molecule has 2 aromatic rings. The molecule has 4 atom stereocenters. The van der Waals surface area contributed by atoms with Crippen LogP contribution in [0, 0.1) is 5.92 Å². The minimum atomic E-state index is -2.31. The van der Waals surface area contributed by atoms with Gasteiger partial charge in [-0.25, -0.2) is 4.98 Å². The molecular weight excluding hydrogens is 677 g/mol. The number of rotatable bonds is 24. The SMILES string of the molecule is CCCCCCCCCCCCCCCCCC(=O)NC[C@H]1O[C@@H](n2cnc3c(=O)[nH]c(NC(=O)C(C)C)nc32)[C@H](OC)[C@@H]1O[Si](C)(C)C(C)(C)C. The molecule has 1 fully saturated rings. The van der Waals surface area contributed by atoms with Gasteiger partial charge in [-0.2, -0.15) is 4.98 Å². The highest BCUT2D eigenvalue weighted by Crippen LogP contribution is 2.42. The van der Waals surface area contributed by atoms with Crippen LogP contribution < -0.4 is 16.2 Å². The highest BCUT2D eigenvalue weighted by atomic mass is 28.4. The number of amides is 2. The van der Waals surface area contributed by atoms with Gasteiger partial charge in [-0.3, -0.25) is 29.3 Å². The normalized spacial score (nSPS) is 19.5. The number of hydrogen-bond donors (Lipinski definition) is 3. The topological polar surface area (TPSA) is 149 Å². The van der Waals surface area contributed by atoms with Crippen molar-refractivity contribution < 1.29 is 23.5 Å². The maximum atomic E-state index is 13.0. The fourth-order valence-corrected chi connectivity index (χ4v) is 7.72. The summed E-state index contributed by atoms with van der Waals surface area (Å²) in [5.74, 6) is -0.552. The molecule has 12 nitrogen and oxygen atoms in total. The molecule has 3 heterocycles. The second-order valence-corrected chi connectivity index (χ2v) is 21.3. The Hall–Kier alpha value is -2.61. The van der Waals surface area contributed by atoms with Crippen molar-refractivity contribution >= 4 is 37.2 Å². The largest absolute Gasteiger partial charge is 0.408 e. The van der Waals surface area contributed by atoms with Crippen molar-refractivity contribution in [2.75, 3.05) is 19.0 Å². The number of aromatic nitrogens is 4. The van der Waals surface area contributed by atoms with Gasteiger partial charge in [-0.05, 0) is 24.6 Å². The first-order chi connectivity index (χ1) is 24.7.